The number of aryl methyl sites for hydroxylation is 1. The molecule has 0 radical (unpaired) electrons. The van der Waals surface area contributed by atoms with Crippen LogP contribution in [0.1, 0.15) is 32.8 Å². The molecule has 5 heteroatoms. The molecule has 1 fully saturated rings. The van der Waals surface area contributed by atoms with E-state index in [-0.39, 0.29) is 11.4 Å². The first-order chi connectivity index (χ1) is 9.48. The van der Waals surface area contributed by atoms with Gasteiger partial charge in [-0.1, -0.05) is 13.8 Å². The molecule has 1 saturated heterocycles. The van der Waals surface area contributed by atoms with Gasteiger partial charge in [0.1, 0.15) is 0 Å². The number of carbonyl (C=O) groups is 1. The number of hydrogen-bond acceptors (Lipinski definition) is 4. The SMILES string of the molecule is CCOC(=O)C1(C(C)C)CCN(Cc2cnn(C)c2)C1. The Bertz CT molecular complexity index is 469. The Labute approximate surface area is 120 Å². The van der Waals surface area contributed by atoms with Gasteiger partial charge in [0.2, 0.25) is 0 Å². The van der Waals surface area contributed by atoms with E-state index < -0.39 is 0 Å². The van der Waals surface area contributed by atoms with E-state index in [1.54, 1.807) is 0 Å². The predicted molar refractivity (Wildman–Crippen MR) is 77.0 cm³/mol. The summed E-state index contributed by atoms with van der Waals surface area (Å²) in [6.45, 7) is 9.12. The highest BCUT2D eigenvalue weighted by atomic mass is 16.5. The zero-order chi connectivity index (χ0) is 14.8. The second-order valence-electron chi connectivity index (χ2n) is 6.01. The minimum atomic E-state index is -0.349. The first kappa shape index (κ1) is 15.0. The van der Waals surface area contributed by atoms with Crippen molar-refractivity contribution in [3.05, 3.63) is 18.0 Å². The van der Waals surface area contributed by atoms with E-state index in [2.05, 4.69) is 23.8 Å². The Kier molecular flexibility index (Phi) is 4.48. The molecule has 112 valence electrons. The average Bonchev–Trinajstić information content (AvgIpc) is 2.98. The van der Waals surface area contributed by atoms with E-state index in [4.69, 9.17) is 4.74 Å². The molecule has 1 atom stereocenters. The maximum atomic E-state index is 12.3. The Morgan fingerprint density at radius 3 is 2.85 bits per heavy atom. The lowest BCUT2D eigenvalue weighted by Gasteiger charge is -2.31. The van der Waals surface area contributed by atoms with Crippen molar-refractivity contribution in [2.45, 2.75) is 33.7 Å². The van der Waals surface area contributed by atoms with E-state index in [0.717, 1.165) is 26.1 Å². The van der Waals surface area contributed by atoms with Gasteiger partial charge >= 0.3 is 5.97 Å². The molecule has 0 aromatic carbocycles. The van der Waals surface area contributed by atoms with Crippen molar-refractivity contribution >= 4 is 5.97 Å². The smallest absolute Gasteiger partial charge is 0.313 e. The quantitative estimate of drug-likeness (QED) is 0.772. The van der Waals surface area contributed by atoms with E-state index in [0.29, 0.717) is 12.5 Å². The zero-order valence-corrected chi connectivity index (χ0v) is 12.9. The third-order valence-electron chi connectivity index (χ3n) is 4.33. The number of nitrogens with zero attached hydrogens (tertiary/aromatic N) is 3. The van der Waals surface area contributed by atoms with Crippen molar-refractivity contribution in [3.8, 4) is 0 Å². The molecule has 0 spiro atoms. The molecule has 1 aliphatic rings. The summed E-state index contributed by atoms with van der Waals surface area (Å²) < 4.78 is 7.12. The van der Waals surface area contributed by atoms with Crippen LogP contribution in [-0.2, 0) is 23.1 Å². The highest BCUT2D eigenvalue weighted by Gasteiger charge is 2.48. The third kappa shape index (κ3) is 2.87. The molecule has 0 saturated carbocycles. The summed E-state index contributed by atoms with van der Waals surface area (Å²) in [6, 6.07) is 0. The molecule has 1 aliphatic heterocycles. The second-order valence-corrected chi connectivity index (χ2v) is 6.01. The average molecular weight is 279 g/mol. The highest BCUT2D eigenvalue weighted by molar-refractivity contribution is 5.78. The van der Waals surface area contributed by atoms with Crippen LogP contribution in [0.3, 0.4) is 0 Å². The van der Waals surface area contributed by atoms with Crippen LogP contribution in [0.5, 0.6) is 0 Å². The van der Waals surface area contributed by atoms with Gasteiger partial charge in [-0.05, 0) is 25.8 Å². The fraction of sp³-hybridized carbons (Fsp3) is 0.733. The lowest BCUT2D eigenvalue weighted by Crippen LogP contribution is -2.40. The van der Waals surface area contributed by atoms with Gasteiger partial charge < -0.3 is 4.74 Å². The number of likely N-dealkylation sites (tertiary alicyclic amines) is 1. The number of esters is 1. The fourth-order valence-corrected chi connectivity index (χ4v) is 3.01. The Hall–Kier alpha value is -1.36. The van der Waals surface area contributed by atoms with Gasteiger partial charge in [-0.15, -0.1) is 0 Å². The molecule has 5 nitrogen and oxygen atoms in total. The summed E-state index contributed by atoms with van der Waals surface area (Å²) in [5, 5.41) is 4.19. The molecule has 1 aromatic rings. The Morgan fingerprint density at radius 2 is 2.30 bits per heavy atom. The maximum Gasteiger partial charge on any atom is 0.313 e. The summed E-state index contributed by atoms with van der Waals surface area (Å²) >= 11 is 0. The van der Waals surface area contributed by atoms with Crippen molar-refractivity contribution in [1.82, 2.24) is 14.7 Å². The normalized spacial score (nSPS) is 23.4. The van der Waals surface area contributed by atoms with Crippen molar-refractivity contribution in [3.63, 3.8) is 0 Å². The van der Waals surface area contributed by atoms with Crippen LogP contribution in [0.4, 0.5) is 0 Å². The molecular formula is C15H25N3O2. The molecule has 0 bridgehead atoms. The van der Waals surface area contributed by atoms with Crippen LogP contribution in [0.15, 0.2) is 12.4 Å². The molecular weight excluding hydrogens is 254 g/mol. The standard InChI is InChI=1S/C15H25N3O2/c1-5-20-14(19)15(12(2)3)6-7-18(11-15)10-13-8-16-17(4)9-13/h8-9,12H,5-7,10-11H2,1-4H3. The number of carbonyl (C=O) groups excluding carboxylic acids is 1. The minimum Gasteiger partial charge on any atom is -0.466 e. The topological polar surface area (TPSA) is 47.4 Å². The number of hydrogen-bond donors (Lipinski definition) is 0. The van der Waals surface area contributed by atoms with Crippen LogP contribution in [-0.4, -0.2) is 40.3 Å². The summed E-state index contributed by atoms with van der Waals surface area (Å²) in [5.74, 6) is 0.254. The molecule has 0 aliphatic carbocycles. The third-order valence-corrected chi connectivity index (χ3v) is 4.33. The van der Waals surface area contributed by atoms with Crippen LogP contribution in [0, 0.1) is 11.3 Å². The highest BCUT2D eigenvalue weighted by Crippen LogP contribution is 2.39. The van der Waals surface area contributed by atoms with Gasteiger partial charge in [-0.2, -0.15) is 5.10 Å². The number of rotatable bonds is 5. The molecule has 1 unspecified atom stereocenters. The summed E-state index contributed by atoms with van der Waals surface area (Å²) in [6.07, 6.45) is 4.79. The zero-order valence-electron chi connectivity index (χ0n) is 12.9. The fourth-order valence-electron chi connectivity index (χ4n) is 3.01. The van der Waals surface area contributed by atoms with Crippen LogP contribution < -0.4 is 0 Å². The first-order valence-corrected chi connectivity index (χ1v) is 7.35. The molecule has 1 aromatic heterocycles. The second kappa shape index (κ2) is 5.95. The maximum absolute atomic E-state index is 12.3. The lowest BCUT2D eigenvalue weighted by atomic mass is 9.76. The van der Waals surface area contributed by atoms with Gasteiger partial charge in [0.25, 0.3) is 0 Å². The largest absolute Gasteiger partial charge is 0.466 e. The summed E-state index contributed by atoms with van der Waals surface area (Å²) in [7, 11) is 1.92. The first-order valence-electron chi connectivity index (χ1n) is 7.35. The van der Waals surface area contributed by atoms with E-state index in [1.807, 2.05) is 31.0 Å². The van der Waals surface area contributed by atoms with E-state index in [1.165, 1.54) is 5.56 Å². The lowest BCUT2D eigenvalue weighted by molar-refractivity contribution is -0.157. The van der Waals surface area contributed by atoms with Crippen LogP contribution >= 0.6 is 0 Å². The van der Waals surface area contributed by atoms with E-state index in [9.17, 15) is 4.79 Å². The van der Waals surface area contributed by atoms with Gasteiger partial charge in [0.15, 0.2) is 0 Å². The Balaban J connectivity index is 2.05. The molecule has 20 heavy (non-hydrogen) atoms. The summed E-state index contributed by atoms with van der Waals surface area (Å²) in [4.78, 5) is 14.7. The number of ether oxygens (including phenoxy) is 1. The van der Waals surface area contributed by atoms with Crippen molar-refractivity contribution in [1.29, 1.82) is 0 Å². The molecule has 0 amide bonds. The van der Waals surface area contributed by atoms with Crippen LogP contribution in [0.25, 0.3) is 0 Å². The van der Waals surface area contributed by atoms with Crippen molar-refractivity contribution in [2.75, 3.05) is 19.7 Å². The van der Waals surface area contributed by atoms with E-state index >= 15 is 0 Å². The van der Waals surface area contributed by atoms with Gasteiger partial charge in [0, 0.05) is 31.9 Å². The molecule has 0 N–H and O–H groups in total. The summed E-state index contributed by atoms with van der Waals surface area (Å²) in [5.41, 5.74) is 0.842. The molecule has 2 rings (SSSR count). The monoisotopic (exact) mass is 279 g/mol. The molecule has 2 heterocycles. The van der Waals surface area contributed by atoms with Gasteiger partial charge in [0.05, 0.1) is 18.2 Å². The minimum absolute atomic E-state index is 0.0383. The van der Waals surface area contributed by atoms with Gasteiger partial charge in [-0.3, -0.25) is 14.4 Å². The van der Waals surface area contributed by atoms with Gasteiger partial charge in [-0.25, -0.2) is 0 Å². The van der Waals surface area contributed by atoms with Crippen molar-refractivity contribution in [2.24, 2.45) is 18.4 Å². The van der Waals surface area contributed by atoms with Crippen molar-refractivity contribution < 1.29 is 9.53 Å². The predicted octanol–water partition coefficient (Wildman–Crippen LogP) is 1.83. The Morgan fingerprint density at radius 1 is 1.55 bits per heavy atom. The number of aromatic nitrogens is 2. The van der Waals surface area contributed by atoms with Crippen LogP contribution in [0.2, 0.25) is 0 Å².